The van der Waals surface area contributed by atoms with E-state index < -0.39 is 0 Å². The number of para-hydroxylation sites is 1. The van der Waals surface area contributed by atoms with Crippen LogP contribution in [0.1, 0.15) is 44.4 Å². The van der Waals surface area contributed by atoms with Crippen LogP contribution in [0.2, 0.25) is 0 Å². The van der Waals surface area contributed by atoms with Crippen molar-refractivity contribution in [3.63, 3.8) is 0 Å². The van der Waals surface area contributed by atoms with Crippen molar-refractivity contribution in [2.75, 3.05) is 0 Å². The van der Waals surface area contributed by atoms with Gasteiger partial charge in [0.15, 0.2) is 0 Å². The van der Waals surface area contributed by atoms with Gasteiger partial charge in [-0.25, -0.2) is 4.68 Å². The second kappa shape index (κ2) is 5.47. The summed E-state index contributed by atoms with van der Waals surface area (Å²) in [6.07, 6.45) is 0.985. The lowest BCUT2D eigenvalue weighted by Gasteiger charge is -2.11. The molecule has 0 spiro atoms. The Kier molecular flexibility index (Phi) is 3.93. The van der Waals surface area contributed by atoms with Crippen LogP contribution in [0.3, 0.4) is 0 Å². The molecule has 0 saturated heterocycles. The summed E-state index contributed by atoms with van der Waals surface area (Å²) in [6, 6.07) is 9.86. The summed E-state index contributed by atoms with van der Waals surface area (Å²) in [5.41, 5.74) is 3.10. The Bertz CT molecular complexity index is 608. The van der Waals surface area contributed by atoms with Gasteiger partial charge in [-0.15, -0.1) is 0 Å². The lowest BCUT2D eigenvalue weighted by Crippen LogP contribution is -2.22. The summed E-state index contributed by atoms with van der Waals surface area (Å²) < 4.78 is 3.87. The van der Waals surface area contributed by atoms with Crippen LogP contribution in [-0.4, -0.2) is 9.36 Å². The Morgan fingerprint density at radius 2 is 1.79 bits per heavy atom. The van der Waals surface area contributed by atoms with Crippen molar-refractivity contribution in [1.82, 2.24) is 9.36 Å². The predicted octanol–water partition coefficient (Wildman–Crippen LogP) is 3.48. The fraction of sp³-hybridized carbons (Fsp3) is 0.438. The van der Waals surface area contributed by atoms with Crippen LogP contribution in [0, 0.1) is 6.92 Å². The van der Waals surface area contributed by atoms with E-state index in [9.17, 15) is 4.79 Å². The zero-order chi connectivity index (χ0) is 14.0. The van der Waals surface area contributed by atoms with E-state index in [4.69, 9.17) is 0 Å². The van der Waals surface area contributed by atoms with Crippen molar-refractivity contribution in [3.05, 3.63) is 51.9 Å². The van der Waals surface area contributed by atoms with Crippen molar-refractivity contribution in [3.8, 4) is 5.69 Å². The molecule has 0 aliphatic heterocycles. The third-order valence-corrected chi connectivity index (χ3v) is 3.85. The van der Waals surface area contributed by atoms with Gasteiger partial charge in [0.25, 0.3) is 5.56 Å². The van der Waals surface area contributed by atoms with Gasteiger partial charge >= 0.3 is 0 Å². The van der Waals surface area contributed by atoms with Crippen LogP contribution in [0.4, 0.5) is 0 Å². The highest BCUT2D eigenvalue weighted by Crippen LogP contribution is 2.21. The fourth-order valence-electron chi connectivity index (χ4n) is 2.64. The number of aromatic nitrogens is 2. The highest BCUT2D eigenvalue weighted by atomic mass is 16.1. The van der Waals surface area contributed by atoms with E-state index in [0.29, 0.717) is 5.92 Å². The standard InChI is InChI=1S/C16H22N2O/c1-5-12(3)15-13(4)17(6-2)18(16(15)19)14-10-8-7-9-11-14/h7-12H,5-6H2,1-4H3. The topological polar surface area (TPSA) is 26.9 Å². The molecule has 2 rings (SSSR count). The molecule has 102 valence electrons. The molecule has 0 fully saturated rings. The summed E-state index contributed by atoms with van der Waals surface area (Å²) in [5.74, 6) is 0.301. The Balaban J connectivity index is 2.72. The van der Waals surface area contributed by atoms with Crippen LogP contribution in [0.5, 0.6) is 0 Å². The molecule has 3 heteroatoms. The molecular formula is C16H22N2O. The number of hydrogen-bond donors (Lipinski definition) is 0. The Morgan fingerprint density at radius 1 is 1.16 bits per heavy atom. The van der Waals surface area contributed by atoms with Gasteiger partial charge in [-0.2, -0.15) is 0 Å². The second-order valence-corrected chi connectivity index (χ2v) is 4.98. The molecule has 1 aromatic heterocycles. The third-order valence-electron chi connectivity index (χ3n) is 3.85. The first-order chi connectivity index (χ1) is 9.11. The normalized spacial score (nSPS) is 12.6. The van der Waals surface area contributed by atoms with E-state index >= 15 is 0 Å². The Labute approximate surface area is 114 Å². The summed E-state index contributed by atoms with van der Waals surface area (Å²) in [5, 5.41) is 0. The molecular weight excluding hydrogens is 236 g/mol. The zero-order valence-corrected chi connectivity index (χ0v) is 12.2. The van der Waals surface area contributed by atoms with Gasteiger partial charge in [0.1, 0.15) is 0 Å². The van der Waals surface area contributed by atoms with Crippen LogP contribution in [0.15, 0.2) is 35.1 Å². The highest BCUT2D eigenvalue weighted by molar-refractivity contribution is 5.34. The van der Waals surface area contributed by atoms with Gasteiger partial charge in [0.05, 0.1) is 5.69 Å². The van der Waals surface area contributed by atoms with Crippen molar-refractivity contribution < 1.29 is 0 Å². The summed E-state index contributed by atoms with van der Waals surface area (Å²) in [6.45, 7) is 9.17. The maximum absolute atomic E-state index is 12.7. The first-order valence-electron chi connectivity index (χ1n) is 6.99. The van der Waals surface area contributed by atoms with E-state index in [0.717, 1.165) is 29.9 Å². The quantitative estimate of drug-likeness (QED) is 0.824. The lowest BCUT2D eigenvalue weighted by molar-refractivity contribution is 0.559. The molecule has 0 bridgehead atoms. The molecule has 2 aromatic rings. The van der Waals surface area contributed by atoms with Gasteiger partial charge in [0.2, 0.25) is 0 Å². The summed E-state index contributed by atoms with van der Waals surface area (Å²) >= 11 is 0. The van der Waals surface area contributed by atoms with Crippen molar-refractivity contribution in [2.45, 2.75) is 46.6 Å². The molecule has 1 aromatic carbocycles. The van der Waals surface area contributed by atoms with Gasteiger partial charge in [-0.1, -0.05) is 32.0 Å². The van der Waals surface area contributed by atoms with Crippen molar-refractivity contribution >= 4 is 0 Å². The molecule has 0 saturated carbocycles. The largest absolute Gasteiger partial charge is 0.282 e. The number of benzene rings is 1. The molecule has 1 atom stereocenters. The Morgan fingerprint density at radius 3 is 2.32 bits per heavy atom. The average molecular weight is 258 g/mol. The number of hydrogen-bond acceptors (Lipinski definition) is 1. The highest BCUT2D eigenvalue weighted by Gasteiger charge is 2.20. The van der Waals surface area contributed by atoms with Gasteiger partial charge in [-0.05, 0) is 38.3 Å². The maximum Gasteiger partial charge on any atom is 0.275 e. The summed E-state index contributed by atoms with van der Waals surface area (Å²) in [4.78, 5) is 12.7. The number of nitrogens with zero attached hydrogens (tertiary/aromatic N) is 2. The van der Waals surface area contributed by atoms with E-state index in [1.54, 1.807) is 4.68 Å². The van der Waals surface area contributed by atoms with E-state index in [-0.39, 0.29) is 5.56 Å². The molecule has 0 amide bonds. The first-order valence-corrected chi connectivity index (χ1v) is 6.99. The van der Waals surface area contributed by atoms with Crippen molar-refractivity contribution in [2.24, 2.45) is 0 Å². The SMILES string of the molecule is CCC(C)c1c(C)n(CC)n(-c2ccccc2)c1=O. The van der Waals surface area contributed by atoms with Crippen LogP contribution >= 0.6 is 0 Å². The molecule has 0 aliphatic carbocycles. The minimum atomic E-state index is 0.125. The van der Waals surface area contributed by atoms with Gasteiger partial charge in [0, 0.05) is 17.8 Å². The minimum absolute atomic E-state index is 0.125. The molecule has 3 nitrogen and oxygen atoms in total. The van der Waals surface area contributed by atoms with Crippen LogP contribution in [-0.2, 0) is 6.54 Å². The molecule has 0 N–H and O–H groups in total. The fourth-order valence-corrected chi connectivity index (χ4v) is 2.64. The molecule has 0 aliphatic rings. The average Bonchev–Trinajstić information content (AvgIpc) is 2.69. The summed E-state index contributed by atoms with van der Waals surface area (Å²) in [7, 11) is 0. The molecule has 1 unspecified atom stereocenters. The third kappa shape index (κ3) is 2.25. The van der Waals surface area contributed by atoms with Crippen molar-refractivity contribution in [1.29, 1.82) is 0 Å². The smallest absolute Gasteiger partial charge is 0.275 e. The second-order valence-electron chi connectivity index (χ2n) is 4.98. The van der Waals surface area contributed by atoms with E-state index in [1.165, 1.54) is 0 Å². The first kappa shape index (κ1) is 13.7. The maximum atomic E-state index is 12.7. The monoisotopic (exact) mass is 258 g/mol. The van der Waals surface area contributed by atoms with Crippen LogP contribution in [0.25, 0.3) is 5.69 Å². The lowest BCUT2D eigenvalue weighted by atomic mass is 9.99. The zero-order valence-electron chi connectivity index (χ0n) is 12.2. The Hall–Kier alpha value is -1.77. The van der Waals surface area contributed by atoms with Gasteiger partial charge in [-0.3, -0.25) is 9.48 Å². The van der Waals surface area contributed by atoms with E-state index in [2.05, 4.69) is 25.5 Å². The van der Waals surface area contributed by atoms with Gasteiger partial charge < -0.3 is 0 Å². The van der Waals surface area contributed by atoms with Crippen LogP contribution < -0.4 is 5.56 Å². The van der Waals surface area contributed by atoms with E-state index in [1.807, 2.05) is 37.3 Å². The predicted molar refractivity (Wildman–Crippen MR) is 79.1 cm³/mol. The number of rotatable bonds is 4. The molecule has 1 heterocycles. The molecule has 0 radical (unpaired) electrons. The molecule has 19 heavy (non-hydrogen) atoms. The minimum Gasteiger partial charge on any atom is -0.282 e.